The zero-order valence-corrected chi connectivity index (χ0v) is 17.5. The van der Waals surface area contributed by atoms with Gasteiger partial charge in [-0.25, -0.2) is 4.68 Å². The Bertz CT molecular complexity index is 1200. The van der Waals surface area contributed by atoms with Crippen molar-refractivity contribution in [3.63, 3.8) is 0 Å². The molecule has 8 heteroatoms. The highest BCUT2D eigenvalue weighted by Gasteiger charge is 2.47. The first-order valence-electron chi connectivity index (χ1n) is 10.6. The van der Waals surface area contributed by atoms with Crippen LogP contribution in [0.1, 0.15) is 29.9 Å². The van der Waals surface area contributed by atoms with E-state index >= 15 is 0 Å². The van der Waals surface area contributed by atoms with E-state index in [0.717, 1.165) is 44.0 Å². The Labute approximate surface area is 179 Å². The van der Waals surface area contributed by atoms with Crippen molar-refractivity contribution in [3.05, 3.63) is 86.5 Å². The van der Waals surface area contributed by atoms with Crippen molar-refractivity contribution in [3.8, 4) is 5.75 Å². The Morgan fingerprint density at radius 3 is 2.55 bits per heavy atom. The van der Waals surface area contributed by atoms with Crippen molar-refractivity contribution in [2.75, 3.05) is 20.2 Å². The van der Waals surface area contributed by atoms with Gasteiger partial charge in [-0.3, -0.25) is 24.0 Å². The Hall–Kier alpha value is -3.26. The van der Waals surface area contributed by atoms with Crippen LogP contribution in [-0.4, -0.2) is 44.4 Å². The maximum absolute atomic E-state index is 12.8. The number of aromatic nitrogens is 4. The molecule has 0 amide bonds. The van der Waals surface area contributed by atoms with Crippen LogP contribution >= 0.6 is 0 Å². The summed E-state index contributed by atoms with van der Waals surface area (Å²) in [4.78, 5) is 32.1. The Morgan fingerprint density at radius 2 is 1.81 bits per heavy atom. The molecule has 160 valence electrons. The highest BCUT2D eigenvalue weighted by atomic mass is 16.5. The maximum atomic E-state index is 12.8. The number of fused-ring (bicyclic) bond motifs is 2. The molecule has 4 heterocycles. The fourth-order valence-electron chi connectivity index (χ4n) is 4.79. The van der Waals surface area contributed by atoms with Gasteiger partial charge in [0.1, 0.15) is 11.6 Å². The average molecular weight is 419 g/mol. The van der Waals surface area contributed by atoms with E-state index in [4.69, 9.17) is 9.84 Å². The van der Waals surface area contributed by atoms with Crippen LogP contribution in [0, 0.1) is 0 Å². The van der Waals surface area contributed by atoms with Crippen LogP contribution in [0.2, 0.25) is 0 Å². The lowest BCUT2D eigenvalue weighted by Gasteiger charge is -2.24. The third-order valence-corrected chi connectivity index (χ3v) is 6.46. The van der Waals surface area contributed by atoms with Gasteiger partial charge in [-0.1, -0.05) is 18.2 Å². The van der Waals surface area contributed by atoms with Crippen molar-refractivity contribution in [1.82, 2.24) is 24.2 Å². The van der Waals surface area contributed by atoms with Crippen LogP contribution in [0.5, 0.6) is 5.75 Å². The van der Waals surface area contributed by atoms with E-state index in [9.17, 15) is 9.59 Å². The minimum Gasteiger partial charge on any atom is -0.497 e. The number of rotatable bonds is 5. The van der Waals surface area contributed by atoms with Gasteiger partial charge in [0.15, 0.2) is 0 Å². The van der Waals surface area contributed by atoms with Crippen molar-refractivity contribution >= 4 is 0 Å². The molecule has 1 spiro atoms. The number of hydrogen-bond donors (Lipinski definition) is 0. The normalized spacial score (nSPS) is 20.3. The van der Waals surface area contributed by atoms with Crippen LogP contribution in [-0.2, 0) is 25.0 Å². The first-order valence-corrected chi connectivity index (χ1v) is 10.6. The molecule has 0 radical (unpaired) electrons. The monoisotopic (exact) mass is 419 g/mol. The summed E-state index contributed by atoms with van der Waals surface area (Å²) in [5, 5.41) is 4.69. The Morgan fingerprint density at radius 1 is 1.00 bits per heavy atom. The summed E-state index contributed by atoms with van der Waals surface area (Å²) in [6, 6.07) is 13.6. The smallest absolute Gasteiger partial charge is 0.332 e. The topological polar surface area (TPSA) is 82.2 Å². The second-order valence-electron chi connectivity index (χ2n) is 8.40. The third-order valence-electron chi connectivity index (χ3n) is 6.46. The lowest BCUT2D eigenvalue weighted by Crippen LogP contribution is -2.45. The molecular formula is C23H25N5O3. The molecule has 1 atom stereocenters. The van der Waals surface area contributed by atoms with Gasteiger partial charge in [-0.2, -0.15) is 5.10 Å². The van der Waals surface area contributed by atoms with Crippen LogP contribution in [0.4, 0.5) is 0 Å². The summed E-state index contributed by atoms with van der Waals surface area (Å²) in [7, 11) is 1.67. The molecule has 0 bridgehead atoms. The molecule has 8 nitrogen and oxygen atoms in total. The van der Waals surface area contributed by atoms with Gasteiger partial charge < -0.3 is 4.74 Å². The van der Waals surface area contributed by atoms with Crippen LogP contribution in [0.15, 0.2) is 58.3 Å². The zero-order valence-electron chi connectivity index (χ0n) is 17.5. The lowest BCUT2D eigenvalue weighted by atomic mass is 9.85. The SMILES string of the molecule is COc1ccc(CN2CC[C@]3(CCn4c3nn(Cc3ccccn3)c(=O)c4=O)C2)cc1. The van der Waals surface area contributed by atoms with E-state index in [1.807, 2.05) is 30.3 Å². The van der Waals surface area contributed by atoms with E-state index in [-0.39, 0.29) is 12.0 Å². The lowest BCUT2D eigenvalue weighted by molar-refractivity contribution is 0.297. The van der Waals surface area contributed by atoms with E-state index in [1.165, 1.54) is 10.2 Å². The molecule has 3 aromatic rings. The first-order chi connectivity index (χ1) is 15.1. The quantitative estimate of drug-likeness (QED) is 0.582. The summed E-state index contributed by atoms with van der Waals surface area (Å²) in [5.74, 6) is 1.59. The predicted octanol–water partition coefficient (Wildman–Crippen LogP) is 1.40. The minimum absolute atomic E-state index is 0.189. The molecule has 0 unspecified atom stereocenters. The molecule has 1 saturated heterocycles. The fourth-order valence-corrected chi connectivity index (χ4v) is 4.79. The minimum atomic E-state index is -0.584. The van der Waals surface area contributed by atoms with Gasteiger partial charge in [-0.05, 0) is 49.2 Å². The number of methoxy groups -OCH3 is 1. The molecular weight excluding hydrogens is 394 g/mol. The van der Waals surface area contributed by atoms with E-state index < -0.39 is 11.1 Å². The second-order valence-corrected chi connectivity index (χ2v) is 8.40. The van der Waals surface area contributed by atoms with Gasteiger partial charge in [0.25, 0.3) is 0 Å². The van der Waals surface area contributed by atoms with Gasteiger partial charge in [-0.15, -0.1) is 0 Å². The van der Waals surface area contributed by atoms with Crippen molar-refractivity contribution in [2.45, 2.75) is 37.9 Å². The number of ether oxygens (including phenoxy) is 1. The molecule has 2 aliphatic rings. The number of benzene rings is 1. The molecule has 0 aliphatic carbocycles. The molecule has 2 aromatic heterocycles. The van der Waals surface area contributed by atoms with Crippen molar-refractivity contribution < 1.29 is 4.74 Å². The van der Waals surface area contributed by atoms with E-state index in [2.05, 4.69) is 22.0 Å². The number of likely N-dealkylation sites (tertiary alicyclic amines) is 1. The number of hydrogen-bond acceptors (Lipinski definition) is 6. The molecule has 31 heavy (non-hydrogen) atoms. The van der Waals surface area contributed by atoms with E-state index in [0.29, 0.717) is 12.2 Å². The van der Waals surface area contributed by atoms with Crippen molar-refractivity contribution in [2.24, 2.45) is 0 Å². The molecule has 0 saturated carbocycles. The second kappa shape index (κ2) is 7.77. The predicted molar refractivity (Wildman–Crippen MR) is 115 cm³/mol. The zero-order chi connectivity index (χ0) is 21.4. The average Bonchev–Trinajstić information content (AvgIpc) is 3.37. The molecule has 5 rings (SSSR count). The Balaban J connectivity index is 1.41. The molecule has 0 N–H and O–H groups in total. The van der Waals surface area contributed by atoms with Crippen LogP contribution in [0.3, 0.4) is 0 Å². The molecule has 1 aromatic carbocycles. The van der Waals surface area contributed by atoms with Gasteiger partial charge in [0.2, 0.25) is 0 Å². The molecule has 1 fully saturated rings. The summed E-state index contributed by atoms with van der Waals surface area (Å²) in [5.41, 5.74) is 0.680. The van der Waals surface area contributed by atoms with Crippen LogP contribution in [0.25, 0.3) is 0 Å². The summed E-state index contributed by atoms with van der Waals surface area (Å²) < 4.78 is 8.12. The summed E-state index contributed by atoms with van der Waals surface area (Å²) >= 11 is 0. The largest absolute Gasteiger partial charge is 0.497 e. The third kappa shape index (κ3) is 3.57. The highest BCUT2D eigenvalue weighted by Crippen LogP contribution is 2.40. The van der Waals surface area contributed by atoms with Gasteiger partial charge >= 0.3 is 11.1 Å². The molecule has 2 aliphatic heterocycles. The van der Waals surface area contributed by atoms with E-state index in [1.54, 1.807) is 17.9 Å². The van der Waals surface area contributed by atoms with Crippen LogP contribution < -0.4 is 15.9 Å². The Kier molecular flexibility index (Phi) is 4.94. The number of nitrogens with zero attached hydrogens (tertiary/aromatic N) is 5. The first kappa shape index (κ1) is 19.7. The highest BCUT2D eigenvalue weighted by molar-refractivity contribution is 5.27. The summed E-state index contributed by atoms with van der Waals surface area (Å²) in [6.45, 7) is 3.35. The van der Waals surface area contributed by atoms with Crippen molar-refractivity contribution in [1.29, 1.82) is 0 Å². The number of pyridine rings is 1. The standard InChI is InChI=1S/C23H25N5O3/c1-31-19-7-5-17(6-8-19)14-26-12-9-23(16-26)10-13-27-20(29)21(30)28(25-22(23)27)15-18-4-2-3-11-24-18/h2-8,11H,9-10,12-16H2,1H3/t23-/m0/s1. The fraction of sp³-hybridized carbons (Fsp3) is 0.391. The maximum Gasteiger partial charge on any atom is 0.332 e. The van der Waals surface area contributed by atoms with Gasteiger partial charge in [0, 0.05) is 31.2 Å². The summed E-state index contributed by atoms with van der Waals surface area (Å²) in [6.07, 6.45) is 3.44. The van der Waals surface area contributed by atoms with Gasteiger partial charge in [0.05, 0.1) is 19.3 Å².